The maximum atomic E-state index is 5.27. The SMILES string of the molecule is c1ccc(-c2cccc(-c3cc(-c4cccc(-c5ccccc5)c4)nc(-c4ccc5c(ccc6nc(-c7ccccc7)cc(-c7ccccc7)c65)c4)n3)c2)cc1. The van der Waals surface area contributed by atoms with Gasteiger partial charge in [0.1, 0.15) is 0 Å². The molecule has 0 fully saturated rings. The Balaban J connectivity index is 1.14. The van der Waals surface area contributed by atoms with Crippen LogP contribution < -0.4 is 0 Å². The molecule has 0 N–H and O–H groups in total. The minimum absolute atomic E-state index is 0.676. The van der Waals surface area contributed by atoms with E-state index >= 15 is 0 Å². The standard InChI is InChI=1S/C53H35N3/c1-5-15-36(16-6-1)40-23-13-25-43(31-40)50-35-51(44-26-14-24-41(32-44)37-17-7-2-8-18-37)56-53(55-50)45-27-29-46-42(33-45)28-30-48-52(46)47(38-19-9-3-10-20-38)34-49(54-48)39-21-11-4-12-22-39/h1-35H. The van der Waals surface area contributed by atoms with Crippen molar-refractivity contribution in [3.05, 3.63) is 212 Å². The highest BCUT2D eigenvalue weighted by atomic mass is 14.9. The van der Waals surface area contributed by atoms with E-state index in [1.165, 1.54) is 11.1 Å². The zero-order chi connectivity index (χ0) is 37.3. The van der Waals surface area contributed by atoms with Crippen LogP contribution in [0.25, 0.3) is 100 Å². The Labute approximate surface area is 326 Å². The van der Waals surface area contributed by atoms with Crippen LogP contribution in [0.5, 0.6) is 0 Å². The Morgan fingerprint density at radius 1 is 0.268 bits per heavy atom. The number of benzene rings is 8. The molecule has 0 saturated carbocycles. The molecule has 2 aromatic heterocycles. The van der Waals surface area contributed by atoms with Gasteiger partial charge in [0, 0.05) is 27.6 Å². The molecule has 8 aromatic carbocycles. The van der Waals surface area contributed by atoms with E-state index in [0.29, 0.717) is 5.82 Å². The number of rotatable bonds is 7. The van der Waals surface area contributed by atoms with Crippen LogP contribution in [-0.4, -0.2) is 15.0 Å². The van der Waals surface area contributed by atoms with Crippen LogP contribution in [0.2, 0.25) is 0 Å². The molecule has 2 heterocycles. The summed E-state index contributed by atoms with van der Waals surface area (Å²) in [5, 5.41) is 3.37. The van der Waals surface area contributed by atoms with E-state index in [4.69, 9.17) is 15.0 Å². The molecule has 262 valence electrons. The summed E-state index contributed by atoms with van der Waals surface area (Å²) in [7, 11) is 0. The topological polar surface area (TPSA) is 38.7 Å². The molecule has 0 saturated heterocycles. The summed E-state index contributed by atoms with van der Waals surface area (Å²) in [6, 6.07) is 74.5. The van der Waals surface area contributed by atoms with Gasteiger partial charge in [-0.1, -0.05) is 176 Å². The van der Waals surface area contributed by atoms with Crippen molar-refractivity contribution in [3.8, 4) is 78.5 Å². The monoisotopic (exact) mass is 713 g/mol. The van der Waals surface area contributed by atoms with Gasteiger partial charge in [0.15, 0.2) is 5.82 Å². The van der Waals surface area contributed by atoms with Gasteiger partial charge in [-0.15, -0.1) is 0 Å². The summed E-state index contributed by atoms with van der Waals surface area (Å²) in [6.45, 7) is 0. The normalized spacial score (nSPS) is 11.2. The largest absolute Gasteiger partial charge is 0.248 e. The van der Waals surface area contributed by atoms with Crippen molar-refractivity contribution in [1.29, 1.82) is 0 Å². The van der Waals surface area contributed by atoms with Gasteiger partial charge in [0.25, 0.3) is 0 Å². The lowest BCUT2D eigenvalue weighted by Gasteiger charge is -2.14. The van der Waals surface area contributed by atoms with Crippen LogP contribution in [0.15, 0.2) is 212 Å². The van der Waals surface area contributed by atoms with Crippen LogP contribution >= 0.6 is 0 Å². The molecule has 0 unspecified atom stereocenters. The zero-order valence-electron chi connectivity index (χ0n) is 30.5. The highest BCUT2D eigenvalue weighted by molar-refractivity contribution is 6.14. The Bertz CT molecular complexity index is 2900. The molecule has 10 aromatic rings. The lowest BCUT2D eigenvalue weighted by molar-refractivity contribution is 1.18. The molecule has 0 radical (unpaired) electrons. The number of aromatic nitrogens is 3. The molecule has 0 aliphatic heterocycles. The summed E-state index contributed by atoms with van der Waals surface area (Å²) in [5.74, 6) is 0.676. The number of nitrogens with zero attached hydrogens (tertiary/aromatic N) is 3. The second-order valence-corrected chi connectivity index (χ2v) is 14.0. The van der Waals surface area contributed by atoms with Crippen LogP contribution in [0, 0.1) is 0 Å². The fraction of sp³-hybridized carbons (Fsp3) is 0. The Morgan fingerprint density at radius 3 is 1.32 bits per heavy atom. The number of hydrogen-bond donors (Lipinski definition) is 0. The van der Waals surface area contributed by atoms with E-state index in [1.54, 1.807) is 0 Å². The molecule has 0 amide bonds. The minimum atomic E-state index is 0.676. The van der Waals surface area contributed by atoms with E-state index < -0.39 is 0 Å². The molecule has 0 atom stereocenters. The van der Waals surface area contributed by atoms with Crippen molar-refractivity contribution in [2.45, 2.75) is 0 Å². The molecular formula is C53H35N3. The van der Waals surface area contributed by atoms with Gasteiger partial charge < -0.3 is 0 Å². The lowest BCUT2D eigenvalue weighted by Crippen LogP contribution is -1.97. The van der Waals surface area contributed by atoms with E-state index in [9.17, 15) is 0 Å². The van der Waals surface area contributed by atoms with Gasteiger partial charge in [-0.2, -0.15) is 0 Å². The fourth-order valence-electron chi connectivity index (χ4n) is 7.66. The Morgan fingerprint density at radius 2 is 0.750 bits per heavy atom. The van der Waals surface area contributed by atoms with Crippen LogP contribution in [0.1, 0.15) is 0 Å². The molecule has 3 nitrogen and oxygen atoms in total. The summed E-state index contributed by atoms with van der Waals surface area (Å²) in [4.78, 5) is 15.7. The number of pyridine rings is 1. The first kappa shape index (κ1) is 33.1. The van der Waals surface area contributed by atoms with Crippen molar-refractivity contribution < 1.29 is 0 Å². The Kier molecular flexibility index (Phi) is 8.51. The van der Waals surface area contributed by atoms with Gasteiger partial charge in [-0.3, -0.25) is 0 Å². The third-order valence-corrected chi connectivity index (χ3v) is 10.5. The van der Waals surface area contributed by atoms with Crippen molar-refractivity contribution in [1.82, 2.24) is 15.0 Å². The van der Waals surface area contributed by atoms with Gasteiger partial charge in [-0.25, -0.2) is 15.0 Å². The second kappa shape index (κ2) is 14.4. The van der Waals surface area contributed by atoms with Crippen molar-refractivity contribution in [3.63, 3.8) is 0 Å². The highest BCUT2D eigenvalue weighted by Crippen LogP contribution is 2.38. The smallest absolute Gasteiger partial charge is 0.160 e. The predicted molar refractivity (Wildman–Crippen MR) is 233 cm³/mol. The predicted octanol–water partition coefficient (Wildman–Crippen LogP) is 13.8. The Hall–Kier alpha value is -7.49. The maximum absolute atomic E-state index is 5.27. The highest BCUT2D eigenvalue weighted by Gasteiger charge is 2.16. The molecular weight excluding hydrogens is 679 g/mol. The molecule has 3 heteroatoms. The van der Waals surface area contributed by atoms with Gasteiger partial charge in [-0.05, 0) is 80.6 Å². The van der Waals surface area contributed by atoms with E-state index in [2.05, 4.69) is 194 Å². The van der Waals surface area contributed by atoms with Crippen molar-refractivity contribution in [2.24, 2.45) is 0 Å². The van der Waals surface area contributed by atoms with Crippen molar-refractivity contribution in [2.75, 3.05) is 0 Å². The van der Waals surface area contributed by atoms with Crippen molar-refractivity contribution >= 4 is 21.7 Å². The first-order valence-electron chi connectivity index (χ1n) is 18.9. The minimum Gasteiger partial charge on any atom is -0.248 e. The second-order valence-electron chi connectivity index (χ2n) is 14.0. The fourth-order valence-corrected chi connectivity index (χ4v) is 7.66. The van der Waals surface area contributed by atoms with Gasteiger partial charge >= 0.3 is 0 Å². The van der Waals surface area contributed by atoms with E-state index in [-0.39, 0.29) is 0 Å². The third kappa shape index (κ3) is 6.42. The summed E-state index contributed by atoms with van der Waals surface area (Å²) >= 11 is 0. The first-order chi connectivity index (χ1) is 27.7. The third-order valence-electron chi connectivity index (χ3n) is 10.5. The summed E-state index contributed by atoms with van der Waals surface area (Å²) < 4.78 is 0. The first-order valence-corrected chi connectivity index (χ1v) is 18.9. The maximum Gasteiger partial charge on any atom is 0.160 e. The van der Waals surface area contributed by atoms with Gasteiger partial charge in [0.05, 0.1) is 22.6 Å². The molecule has 0 spiro atoms. The molecule has 0 aliphatic carbocycles. The average molecular weight is 714 g/mol. The molecule has 10 rings (SSSR count). The van der Waals surface area contributed by atoms with E-state index in [0.717, 1.165) is 83.3 Å². The quantitative estimate of drug-likeness (QED) is 0.154. The number of fused-ring (bicyclic) bond motifs is 3. The summed E-state index contributed by atoms with van der Waals surface area (Å²) in [6.07, 6.45) is 0. The van der Waals surface area contributed by atoms with Crippen LogP contribution in [0.3, 0.4) is 0 Å². The molecule has 56 heavy (non-hydrogen) atoms. The van der Waals surface area contributed by atoms with Gasteiger partial charge in [0.2, 0.25) is 0 Å². The van der Waals surface area contributed by atoms with Crippen LogP contribution in [-0.2, 0) is 0 Å². The number of hydrogen-bond acceptors (Lipinski definition) is 3. The lowest BCUT2D eigenvalue weighted by atomic mass is 9.93. The zero-order valence-corrected chi connectivity index (χ0v) is 30.5. The summed E-state index contributed by atoms with van der Waals surface area (Å²) in [5.41, 5.74) is 14.7. The molecule has 0 bridgehead atoms. The molecule has 0 aliphatic rings. The van der Waals surface area contributed by atoms with E-state index in [1.807, 2.05) is 18.2 Å². The average Bonchev–Trinajstić information content (AvgIpc) is 3.29. The van der Waals surface area contributed by atoms with Crippen LogP contribution in [0.4, 0.5) is 0 Å².